The van der Waals surface area contributed by atoms with Crippen LogP contribution in [-0.4, -0.2) is 27.8 Å². The molecule has 152 valence electrons. The Kier molecular flexibility index (Phi) is 8.77. The lowest BCUT2D eigenvalue weighted by atomic mass is 10.0. The van der Waals surface area contributed by atoms with E-state index in [-0.39, 0.29) is 11.5 Å². The van der Waals surface area contributed by atoms with Crippen LogP contribution in [0.2, 0.25) is 0 Å². The molecule has 1 N–H and O–H groups in total. The molecule has 1 amide bonds. The first-order valence-electron chi connectivity index (χ1n) is 9.94. The number of hydrogen-bond acceptors (Lipinski definition) is 4. The summed E-state index contributed by atoms with van der Waals surface area (Å²) in [4.78, 5) is 29.2. The highest BCUT2D eigenvalue weighted by atomic mass is 32.2. The van der Waals surface area contributed by atoms with E-state index in [0.29, 0.717) is 18.0 Å². The molecule has 0 radical (unpaired) electrons. The molecule has 0 saturated carbocycles. The van der Waals surface area contributed by atoms with Gasteiger partial charge in [0, 0.05) is 43.4 Å². The van der Waals surface area contributed by atoms with E-state index in [9.17, 15) is 9.59 Å². The van der Waals surface area contributed by atoms with Crippen molar-refractivity contribution in [2.75, 3.05) is 12.3 Å². The molecule has 1 aromatic heterocycles. The predicted molar refractivity (Wildman–Crippen MR) is 116 cm³/mol. The molecule has 1 aromatic carbocycles. The molecule has 0 spiro atoms. The lowest BCUT2D eigenvalue weighted by molar-refractivity contribution is -0.121. The Morgan fingerprint density at radius 3 is 2.75 bits per heavy atom. The Bertz CT molecular complexity index is 861. The second kappa shape index (κ2) is 11.1. The highest BCUT2D eigenvalue weighted by molar-refractivity contribution is 7.99. The van der Waals surface area contributed by atoms with Crippen molar-refractivity contribution >= 4 is 17.7 Å². The van der Waals surface area contributed by atoms with Crippen molar-refractivity contribution in [1.29, 1.82) is 0 Å². The van der Waals surface area contributed by atoms with Gasteiger partial charge in [-0.25, -0.2) is 4.98 Å². The molecular weight excluding hydrogens is 370 g/mol. The van der Waals surface area contributed by atoms with Gasteiger partial charge in [-0.2, -0.15) is 0 Å². The highest BCUT2D eigenvalue weighted by Crippen LogP contribution is 2.18. The summed E-state index contributed by atoms with van der Waals surface area (Å²) in [6.07, 6.45) is 3.96. The quantitative estimate of drug-likeness (QED) is 0.374. The zero-order valence-corrected chi connectivity index (χ0v) is 18.2. The van der Waals surface area contributed by atoms with Gasteiger partial charge >= 0.3 is 0 Å². The number of amides is 1. The molecule has 0 saturated heterocycles. The number of benzene rings is 1. The smallest absolute Gasteiger partial charge is 0.257 e. The molecule has 28 heavy (non-hydrogen) atoms. The number of carbonyl (C=O) groups is 1. The fourth-order valence-corrected chi connectivity index (χ4v) is 3.93. The molecule has 1 heterocycles. The molecule has 0 atom stereocenters. The first-order chi connectivity index (χ1) is 13.4. The van der Waals surface area contributed by atoms with E-state index in [2.05, 4.69) is 36.3 Å². The third-order valence-corrected chi connectivity index (χ3v) is 5.76. The van der Waals surface area contributed by atoms with Crippen LogP contribution in [0.25, 0.3) is 0 Å². The second-order valence-electron chi connectivity index (χ2n) is 7.14. The van der Waals surface area contributed by atoms with Crippen molar-refractivity contribution in [2.45, 2.75) is 58.0 Å². The zero-order valence-electron chi connectivity index (χ0n) is 17.4. The van der Waals surface area contributed by atoms with Crippen LogP contribution in [0, 0.1) is 13.8 Å². The van der Waals surface area contributed by atoms with Crippen molar-refractivity contribution in [1.82, 2.24) is 14.9 Å². The number of carbonyl (C=O) groups excluding carboxylic acids is 1. The molecule has 0 fully saturated rings. The summed E-state index contributed by atoms with van der Waals surface area (Å²) < 4.78 is 1.63. The van der Waals surface area contributed by atoms with Gasteiger partial charge in [0.15, 0.2) is 5.16 Å². The Morgan fingerprint density at radius 1 is 1.25 bits per heavy atom. The maximum absolute atomic E-state index is 12.8. The fourth-order valence-electron chi connectivity index (χ4n) is 2.98. The Hall–Kier alpha value is -2.08. The van der Waals surface area contributed by atoms with E-state index in [1.54, 1.807) is 11.6 Å². The number of unbranched alkanes of at least 4 members (excludes halogenated alkanes) is 1. The molecule has 6 heteroatoms. The predicted octanol–water partition coefficient (Wildman–Crippen LogP) is 3.78. The van der Waals surface area contributed by atoms with E-state index in [1.165, 1.54) is 17.3 Å². The molecule has 2 aromatic rings. The summed E-state index contributed by atoms with van der Waals surface area (Å²) >= 11 is 1.54. The van der Waals surface area contributed by atoms with E-state index in [1.807, 2.05) is 19.1 Å². The Labute approximate surface area is 172 Å². The number of hydrogen-bond donors (Lipinski definition) is 1. The number of aryl methyl sites for hydroxylation is 2. The second-order valence-corrected chi connectivity index (χ2v) is 8.21. The van der Waals surface area contributed by atoms with Crippen molar-refractivity contribution in [3.05, 3.63) is 57.0 Å². The van der Waals surface area contributed by atoms with Gasteiger partial charge in [0.2, 0.25) is 5.91 Å². The normalized spacial score (nSPS) is 10.9. The average Bonchev–Trinajstić information content (AvgIpc) is 2.66. The topological polar surface area (TPSA) is 64.0 Å². The van der Waals surface area contributed by atoms with Crippen LogP contribution in [0.1, 0.15) is 55.0 Å². The van der Waals surface area contributed by atoms with Crippen molar-refractivity contribution in [3.8, 4) is 0 Å². The maximum Gasteiger partial charge on any atom is 0.257 e. The zero-order chi connectivity index (χ0) is 20.5. The van der Waals surface area contributed by atoms with Crippen LogP contribution in [0.3, 0.4) is 0 Å². The number of thioether (sulfide) groups is 1. The molecule has 0 bridgehead atoms. The maximum atomic E-state index is 12.8. The lowest BCUT2D eigenvalue weighted by Gasteiger charge is -2.12. The van der Waals surface area contributed by atoms with Crippen LogP contribution < -0.4 is 10.9 Å². The Balaban J connectivity index is 1.96. The van der Waals surface area contributed by atoms with E-state index in [4.69, 9.17) is 0 Å². The number of nitrogens with zero attached hydrogens (tertiary/aromatic N) is 2. The molecular formula is C22H31N3O2S. The fraction of sp³-hybridized carbons (Fsp3) is 0.500. The first-order valence-corrected chi connectivity index (χ1v) is 10.9. The SMILES string of the molecule is CCCCNC(=O)CCCSc1nc(C)c(Cc2cccc(C)c2)c(=O)n1C. The van der Waals surface area contributed by atoms with Crippen LogP contribution in [0.4, 0.5) is 0 Å². The van der Waals surface area contributed by atoms with Crippen molar-refractivity contribution in [2.24, 2.45) is 7.05 Å². The molecule has 5 nitrogen and oxygen atoms in total. The minimum atomic E-state index is 0.00816. The molecule has 0 unspecified atom stereocenters. The molecule has 2 rings (SSSR count). The largest absolute Gasteiger partial charge is 0.356 e. The lowest BCUT2D eigenvalue weighted by Crippen LogP contribution is -2.26. The molecule has 0 aliphatic rings. The van der Waals surface area contributed by atoms with Crippen LogP contribution >= 0.6 is 11.8 Å². The van der Waals surface area contributed by atoms with Gasteiger partial charge in [-0.1, -0.05) is 54.9 Å². The summed E-state index contributed by atoms with van der Waals surface area (Å²) in [5.74, 6) is 0.860. The summed E-state index contributed by atoms with van der Waals surface area (Å²) in [6, 6.07) is 8.21. The van der Waals surface area contributed by atoms with Crippen LogP contribution in [0.15, 0.2) is 34.2 Å². The number of rotatable bonds is 10. The highest BCUT2D eigenvalue weighted by Gasteiger charge is 2.13. The Morgan fingerprint density at radius 2 is 2.04 bits per heavy atom. The summed E-state index contributed by atoms with van der Waals surface area (Å²) in [7, 11) is 1.77. The monoisotopic (exact) mass is 401 g/mol. The van der Waals surface area contributed by atoms with Crippen molar-refractivity contribution < 1.29 is 4.79 Å². The summed E-state index contributed by atoms with van der Waals surface area (Å²) in [5.41, 5.74) is 3.84. The van der Waals surface area contributed by atoms with Crippen molar-refractivity contribution in [3.63, 3.8) is 0 Å². The first kappa shape index (κ1) is 22.2. The van der Waals surface area contributed by atoms with Crippen LogP contribution in [-0.2, 0) is 18.3 Å². The van der Waals surface area contributed by atoms with Gasteiger partial charge in [-0.3, -0.25) is 14.2 Å². The average molecular weight is 402 g/mol. The standard InChI is InChI=1S/C22H31N3O2S/c1-5-6-12-23-20(26)11-8-13-28-22-24-17(3)19(21(27)25(22)4)15-18-10-7-9-16(2)14-18/h7,9-10,14H,5-6,8,11-13,15H2,1-4H3,(H,23,26). The van der Waals surface area contributed by atoms with Gasteiger partial charge in [-0.05, 0) is 32.3 Å². The van der Waals surface area contributed by atoms with E-state index < -0.39 is 0 Å². The van der Waals surface area contributed by atoms with Gasteiger partial charge in [-0.15, -0.1) is 0 Å². The summed E-state index contributed by atoms with van der Waals surface area (Å²) in [5, 5.41) is 3.64. The van der Waals surface area contributed by atoms with Gasteiger partial charge in [0.25, 0.3) is 5.56 Å². The minimum absolute atomic E-state index is 0.00816. The number of nitrogens with one attached hydrogen (secondary N) is 1. The van der Waals surface area contributed by atoms with Gasteiger partial charge in [0.1, 0.15) is 0 Å². The third-order valence-electron chi connectivity index (χ3n) is 4.65. The molecule has 0 aliphatic carbocycles. The third kappa shape index (κ3) is 6.51. The molecule has 0 aliphatic heterocycles. The van der Waals surface area contributed by atoms with E-state index >= 15 is 0 Å². The van der Waals surface area contributed by atoms with Gasteiger partial charge in [0.05, 0.1) is 0 Å². The minimum Gasteiger partial charge on any atom is -0.356 e. The van der Waals surface area contributed by atoms with Gasteiger partial charge < -0.3 is 5.32 Å². The summed E-state index contributed by atoms with van der Waals surface area (Å²) in [6.45, 7) is 6.81. The van der Waals surface area contributed by atoms with Crippen LogP contribution in [0.5, 0.6) is 0 Å². The number of aromatic nitrogens is 2. The van der Waals surface area contributed by atoms with E-state index in [0.717, 1.165) is 48.4 Å².